The molecule has 24 heavy (non-hydrogen) atoms. The molecule has 1 N–H and O–H groups in total. The Kier molecular flexibility index (Phi) is 5.59. The molecule has 1 amide bonds. The number of methoxy groups -OCH3 is 2. The van der Waals surface area contributed by atoms with Crippen molar-refractivity contribution in [2.75, 3.05) is 33.9 Å². The van der Waals surface area contributed by atoms with Crippen molar-refractivity contribution in [1.82, 2.24) is 10.2 Å². The lowest BCUT2D eigenvalue weighted by molar-refractivity contribution is 0.0117. The SMILES string of the molecule is COc1cc(C2CNCCN2C(=O)OC(C)(C)C)cc(OC)c1C. The standard InChI is InChI=1S/C18H28N2O4/c1-12-15(22-5)9-13(10-16(12)23-6)14-11-19-7-8-20(14)17(21)24-18(2,3)4/h9-10,14,19H,7-8,11H2,1-6H3. The summed E-state index contributed by atoms with van der Waals surface area (Å²) in [6.07, 6.45) is -0.299. The molecule has 0 bridgehead atoms. The fourth-order valence-electron chi connectivity index (χ4n) is 2.84. The van der Waals surface area contributed by atoms with Gasteiger partial charge in [-0.2, -0.15) is 0 Å². The van der Waals surface area contributed by atoms with Crippen LogP contribution in [0.2, 0.25) is 0 Å². The Labute approximate surface area is 144 Å². The predicted octanol–water partition coefficient (Wildman–Crippen LogP) is 2.89. The number of hydrogen-bond acceptors (Lipinski definition) is 5. The summed E-state index contributed by atoms with van der Waals surface area (Å²) >= 11 is 0. The summed E-state index contributed by atoms with van der Waals surface area (Å²) in [6, 6.07) is 3.80. The third-order valence-corrected chi connectivity index (χ3v) is 4.03. The topological polar surface area (TPSA) is 60.0 Å². The first-order chi connectivity index (χ1) is 11.3. The van der Waals surface area contributed by atoms with Crippen molar-refractivity contribution in [3.63, 3.8) is 0 Å². The fourth-order valence-corrected chi connectivity index (χ4v) is 2.84. The second kappa shape index (κ2) is 7.30. The van der Waals surface area contributed by atoms with Gasteiger partial charge in [0.2, 0.25) is 0 Å². The summed E-state index contributed by atoms with van der Waals surface area (Å²) in [5.41, 5.74) is 1.39. The molecule has 1 heterocycles. The molecule has 1 atom stereocenters. The molecule has 1 aliphatic heterocycles. The lowest BCUT2D eigenvalue weighted by Crippen LogP contribution is -2.50. The first-order valence-corrected chi connectivity index (χ1v) is 8.19. The van der Waals surface area contributed by atoms with E-state index in [4.69, 9.17) is 14.2 Å². The van der Waals surface area contributed by atoms with Gasteiger partial charge in [-0.1, -0.05) is 0 Å². The molecular weight excluding hydrogens is 308 g/mol. The van der Waals surface area contributed by atoms with Crippen LogP contribution in [0.1, 0.15) is 37.9 Å². The zero-order valence-electron chi connectivity index (χ0n) is 15.4. The van der Waals surface area contributed by atoms with Crippen molar-refractivity contribution in [1.29, 1.82) is 0 Å². The summed E-state index contributed by atoms with van der Waals surface area (Å²) in [6.45, 7) is 9.58. The minimum atomic E-state index is -0.519. The zero-order valence-corrected chi connectivity index (χ0v) is 15.4. The van der Waals surface area contributed by atoms with E-state index in [0.29, 0.717) is 13.1 Å². The molecule has 6 heteroatoms. The van der Waals surface area contributed by atoms with Gasteiger partial charge in [0.25, 0.3) is 0 Å². The maximum absolute atomic E-state index is 12.6. The van der Waals surface area contributed by atoms with Gasteiger partial charge in [0.15, 0.2) is 0 Å². The largest absolute Gasteiger partial charge is 0.496 e. The average molecular weight is 336 g/mol. The molecule has 1 unspecified atom stereocenters. The molecule has 0 aromatic heterocycles. The highest BCUT2D eigenvalue weighted by Crippen LogP contribution is 2.34. The van der Waals surface area contributed by atoms with E-state index < -0.39 is 5.60 Å². The van der Waals surface area contributed by atoms with Crippen molar-refractivity contribution in [3.8, 4) is 11.5 Å². The first-order valence-electron chi connectivity index (χ1n) is 8.19. The molecule has 1 saturated heterocycles. The average Bonchev–Trinajstić information content (AvgIpc) is 2.53. The van der Waals surface area contributed by atoms with E-state index in [1.54, 1.807) is 19.1 Å². The van der Waals surface area contributed by atoms with Crippen LogP contribution in [0.4, 0.5) is 4.79 Å². The third kappa shape index (κ3) is 4.12. The number of carbonyl (C=O) groups is 1. The van der Waals surface area contributed by atoms with Crippen molar-refractivity contribution >= 4 is 6.09 Å². The highest BCUT2D eigenvalue weighted by atomic mass is 16.6. The van der Waals surface area contributed by atoms with Gasteiger partial charge in [-0.3, -0.25) is 4.90 Å². The van der Waals surface area contributed by atoms with Crippen molar-refractivity contribution in [3.05, 3.63) is 23.3 Å². The van der Waals surface area contributed by atoms with Crippen LogP contribution < -0.4 is 14.8 Å². The highest BCUT2D eigenvalue weighted by Gasteiger charge is 2.32. The molecule has 1 aliphatic rings. The Morgan fingerprint density at radius 3 is 2.29 bits per heavy atom. The molecule has 0 aliphatic carbocycles. The number of amides is 1. The number of nitrogens with zero attached hydrogens (tertiary/aromatic N) is 1. The molecule has 1 aromatic carbocycles. The second-order valence-corrected chi connectivity index (χ2v) is 6.94. The summed E-state index contributed by atoms with van der Waals surface area (Å²) in [4.78, 5) is 14.4. The van der Waals surface area contributed by atoms with Crippen molar-refractivity contribution in [2.24, 2.45) is 0 Å². The van der Waals surface area contributed by atoms with Gasteiger partial charge in [0.05, 0.1) is 20.3 Å². The van der Waals surface area contributed by atoms with Gasteiger partial charge < -0.3 is 19.5 Å². The number of hydrogen-bond donors (Lipinski definition) is 1. The van der Waals surface area contributed by atoms with Crippen LogP contribution in [0.25, 0.3) is 0 Å². The van der Waals surface area contributed by atoms with E-state index in [1.807, 2.05) is 39.8 Å². The van der Waals surface area contributed by atoms with Gasteiger partial charge in [-0.25, -0.2) is 4.79 Å². The molecule has 0 spiro atoms. The normalized spacial score (nSPS) is 18.2. The minimum Gasteiger partial charge on any atom is -0.496 e. The van der Waals surface area contributed by atoms with E-state index in [-0.39, 0.29) is 12.1 Å². The quantitative estimate of drug-likeness (QED) is 0.920. The van der Waals surface area contributed by atoms with Gasteiger partial charge >= 0.3 is 6.09 Å². The van der Waals surface area contributed by atoms with Crippen LogP contribution in [0.15, 0.2) is 12.1 Å². The second-order valence-electron chi connectivity index (χ2n) is 6.94. The number of benzene rings is 1. The van der Waals surface area contributed by atoms with E-state index in [0.717, 1.165) is 29.2 Å². The molecule has 134 valence electrons. The van der Waals surface area contributed by atoms with Gasteiger partial charge in [-0.05, 0) is 45.4 Å². The molecule has 6 nitrogen and oxygen atoms in total. The monoisotopic (exact) mass is 336 g/mol. The Hall–Kier alpha value is -1.95. The fraction of sp³-hybridized carbons (Fsp3) is 0.611. The molecule has 1 fully saturated rings. The van der Waals surface area contributed by atoms with Crippen LogP contribution >= 0.6 is 0 Å². The number of ether oxygens (including phenoxy) is 3. The zero-order chi connectivity index (χ0) is 17.9. The van der Waals surface area contributed by atoms with Crippen LogP contribution in [0, 0.1) is 6.92 Å². The van der Waals surface area contributed by atoms with E-state index in [2.05, 4.69) is 5.32 Å². The smallest absolute Gasteiger partial charge is 0.410 e. The maximum atomic E-state index is 12.6. The third-order valence-electron chi connectivity index (χ3n) is 4.03. The lowest BCUT2D eigenvalue weighted by atomic mass is 10.0. The lowest BCUT2D eigenvalue weighted by Gasteiger charge is -2.37. The van der Waals surface area contributed by atoms with Crippen LogP contribution in [-0.2, 0) is 4.74 Å². The number of nitrogens with one attached hydrogen (secondary N) is 1. The van der Waals surface area contributed by atoms with Gasteiger partial charge in [0.1, 0.15) is 17.1 Å². The van der Waals surface area contributed by atoms with Gasteiger partial charge in [-0.15, -0.1) is 0 Å². The summed E-state index contributed by atoms with van der Waals surface area (Å²) in [5, 5.41) is 3.34. The molecular formula is C18H28N2O4. The summed E-state index contributed by atoms with van der Waals surface area (Å²) in [7, 11) is 3.27. The maximum Gasteiger partial charge on any atom is 0.410 e. The van der Waals surface area contributed by atoms with Crippen LogP contribution in [0.5, 0.6) is 11.5 Å². The number of carbonyl (C=O) groups excluding carboxylic acids is 1. The summed E-state index contributed by atoms with van der Waals surface area (Å²) < 4.78 is 16.5. The van der Waals surface area contributed by atoms with E-state index in [9.17, 15) is 4.79 Å². The van der Waals surface area contributed by atoms with Gasteiger partial charge in [0, 0.05) is 25.2 Å². The van der Waals surface area contributed by atoms with Crippen LogP contribution in [0.3, 0.4) is 0 Å². The Bertz CT molecular complexity index is 570. The molecule has 1 aromatic rings. The Morgan fingerprint density at radius 1 is 1.21 bits per heavy atom. The highest BCUT2D eigenvalue weighted by molar-refractivity contribution is 5.69. The molecule has 0 saturated carbocycles. The predicted molar refractivity (Wildman–Crippen MR) is 92.8 cm³/mol. The van der Waals surface area contributed by atoms with Crippen molar-refractivity contribution < 1.29 is 19.0 Å². The Morgan fingerprint density at radius 2 is 1.79 bits per heavy atom. The van der Waals surface area contributed by atoms with E-state index >= 15 is 0 Å². The molecule has 0 radical (unpaired) electrons. The van der Waals surface area contributed by atoms with Crippen LogP contribution in [-0.4, -0.2) is 50.4 Å². The first kappa shape index (κ1) is 18.4. The molecule has 2 rings (SSSR count). The number of piperazine rings is 1. The van der Waals surface area contributed by atoms with E-state index in [1.165, 1.54) is 0 Å². The minimum absolute atomic E-state index is 0.128. The number of rotatable bonds is 3. The Balaban J connectivity index is 2.35. The van der Waals surface area contributed by atoms with Crippen molar-refractivity contribution in [2.45, 2.75) is 39.3 Å². The summed E-state index contributed by atoms with van der Waals surface area (Å²) in [5.74, 6) is 1.50.